The van der Waals surface area contributed by atoms with Crippen LogP contribution in [0.4, 0.5) is 0 Å². The molecule has 0 spiro atoms. The van der Waals surface area contributed by atoms with E-state index in [1.807, 2.05) is 0 Å². The molecule has 1 heterocycles. The fourth-order valence-corrected chi connectivity index (χ4v) is 2.05. The number of fused-ring (bicyclic) bond motifs is 1. The van der Waals surface area contributed by atoms with Gasteiger partial charge in [0, 0.05) is 25.3 Å². The summed E-state index contributed by atoms with van der Waals surface area (Å²) in [7, 11) is 0. The molecule has 0 radical (unpaired) electrons. The third kappa shape index (κ3) is 1.65. The molecule has 2 aromatic rings. The van der Waals surface area contributed by atoms with Crippen LogP contribution in [0.25, 0.3) is 10.9 Å². The van der Waals surface area contributed by atoms with Crippen molar-refractivity contribution >= 4 is 10.9 Å². The predicted molar refractivity (Wildman–Crippen MR) is 63.1 cm³/mol. The van der Waals surface area contributed by atoms with Crippen LogP contribution in [0, 0.1) is 0 Å². The Labute approximate surface area is 90.2 Å². The molecule has 2 rings (SSSR count). The number of hydrogen-bond acceptors (Lipinski definition) is 1. The van der Waals surface area contributed by atoms with Gasteiger partial charge in [0.05, 0.1) is 5.52 Å². The summed E-state index contributed by atoms with van der Waals surface area (Å²) in [4.78, 5) is 0. The van der Waals surface area contributed by atoms with Gasteiger partial charge < -0.3 is 9.67 Å². The SMILES string of the molecule is CCn1ccc2cccc(C(C)CO)c21. The summed E-state index contributed by atoms with van der Waals surface area (Å²) < 4.78 is 2.23. The van der Waals surface area contributed by atoms with Gasteiger partial charge in [-0.25, -0.2) is 0 Å². The molecule has 0 aliphatic rings. The van der Waals surface area contributed by atoms with E-state index >= 15 is 0 Å². The van der Waals surface area contributed by atoms with Crippen LogP contribution >= 0.6 is 0 Å². The Balaban J connectivity index is 2.66. The van der Waals surface area contributed by atoms with E-state index in [4.69, 9.17) is 0 Å². The van der Waals surface area contributed by atoms with Crippen molar-refractivity contribution in [1.29, 1.82) is 0 Å². The van der Waals surface area contributed by atoms with E-state index in [1.54, 1.807) is 0 Å². The highest BCUT2D eigenvalue weighted by molar-refractivity contribution is 5.83. The van der Waals surface area contributed by atoms with Gasteiger partial charge in [-0.1, -0.05) is 25.1 Å². The van der Waals surface area contributed by atoms with Crippen LogP contribution in [0.2, 0.25) is 0 Å². The number of hydrogen-bond donors (Lipinski definition) is 1. The van der Waals surface area contributed by atoms with E-state index in [2.05, 4.69) is 48.9 Å². The average Bonchev–Trinajstić information content (AvgIpc) is 2.70. The lowest BCUT2D eigenvalue weighted by Crippen LogP contribution is -2.02. The Kier molecular flexibility index (Phi) is 2.78. The van der Waals surface area contributed by atoms with Crippen LogP contribution < -0.4 is 0 Å². The Morgan fingerprint density at radius 1 is 1.33 bits per heavy atom. The van der Waals surface area contributed by atoms with Crippen LogP contribution in [0.1, 0.15) is 25.3 Å². The van der Waals surface area contributed by atoms with E-state index in [0.29, 0.717) is 0 Å². The molecule has 15 heavy (non-hydrogen) atoms. The fourth-order valence-electron chi connectivity index (χ4n) is 2.05. The highest BCUT2D eigenvalue weighted by Crippen LogP contribution is 2.26. The minimum atomic E-state index is 0.202. The van der Waals surface area contributed by atoms with Crippen LogP contribution in [-0.2, 0) is 6.54 Å². The molecule has 0 fully saturated rings. The topological polar surface area (TPSA) is 25.2 Å². The molecule has 1 atom stereocenters. The molecule has 1 aromatic carbocycles. The van der Waals surface area contributed by atoms with Crippen molar-refractivity contribution in [2.45, 2.75) is 26.3 Å². The van der Waals surface area contributed by atoms with Crippen LogP contribution in [0.5, 0.6) is 0 Å². The van der Waals surface area contributed by atoms with E-state index in [1.165, 1.54) is 16.5 Å². The monoisotopic (exact) mass is 203 g/mol. The summed E-state index contributed by atoms with van der Waals surface area (Å²) >= 11 is 0. The summed E-state index contributed by atoms with van der Waals surface area (Å²) in [6.07, 6.45) is 2.11. The van der Waals surface area contributed by atoms with Gasteiger partial charge in [0.25, 0.3) is 0 Å². The quantitative estimate of drug-likeness (QED) is 0.815. The highest BCUT2D eigenvalue weighted by Gasteiger charge is 2.10. The second-order valence-electron chi connectivity index (χ2n) is 3.97. The maximum Gasteiger partial charge on any atom is 0.0516 e. The first-order valence-electron chi connectivity index (χ1n) is 5.46. The largest absolute Gasteiger partial charge is 0.396 e. The number of aryl methyl sites for hydroxylation is 1. The van der Waals surface area contributed by atoms with Gasteiger partial charge in [0.15, 0.2) is 0 Å². The maximum atomic E-state index is 9.24. The number of aromatic nitrogens is 1. The summed E-state index contributed by atoms with van der Waals surface area (Å²) in [6, 6.07) is 8.42. The summed E-state index contributed by atoms with van der Waals surface area (Å²) in [6.45, 7) is 5.37. The Morgan fingerprint density at radius 3 is 2.80 bits per heavy atom. The summed E-state index contributed by atoms with van der Waals surface area (Å²) in [5.74, 6) is 0.203. The Morgan fingerprint density at radius 2 is 2.13 bits per heavy atom. The van der Waals surface area contributed by atoms with E-state index < -0.39 is 0 Å². The molecule has 1 aromatic heterocycles. The molecule has 80 valence electrons. The van der Waals surface area contributed by atoms with Crippen molar-refractivity contribution in [2.24, 2.45) is 0 Å². The van der Waals surface area contributed by atoms with Crippen molar-refractivity contribution in [3.05, 3.63) is 36.0 Å². The third-order valence-corrected chi connectivity index (χ3v) is 2.97. The zero-order chi connectivity index (χ0) is 10.8. The first-order valence-corrected chi connectivity index (χ1v) is 5.46. The lowest BCUT2D eigenvalue weighted by Gasteiger charge is -2.12. The molecule has 0 saturated heterocycles. The van der Waals surface area contributed by atoms with Crippen LogP contribution in [0.15, 0.2) is 30.5 Å². The third-order valence-electron chi connectivity index (χ3n) is 2.97. The summed E-state index contributed by atoms with van der Waals surface area (Å²) in [5.41, 5.74) is 2.50. The molecular formula is C13H17NO. The van der Waals surface area contributed by atoms with Crippen LogP contribution in [0.3, 0.4) is 0 Å². The minimum absolute atomic E-state index is 0.202. The molecule has 1 unspecified atom stereocenters. The van der Waals surface area contributed by atoms with Gasteiger partial charge in [-0.15, -0.1) is 0 Å². The second-order valence-corrected chi connectivity index (χ2v) is 3.97. The minimum Gasteiger partial charge on any atom is -0.396 e. The van der Waals surface area contributed by atoms with E-state index in [9.17, 15) is 5.11 Å². The number of aliphatic hydroxyl groups excluding tert-OH is 1. The van der Waals surface area contributed by atoms with Crippen molar-refractivity contribution in [2.75, 3.05) is 6.61 Å². The number of rotatable bonds is 3. The number of nitrogens with zero attached hydrogens (tertiary/aromatic N) is 1. The lowest BCUT2D eigenvalue weighted by molar-refractivity contribution is 0.273. The lowest BCUT2D eigenvalue weighted by atomic mass is 10.00. The Bertz CT molecular complexity index is 459. The van der Waals surface area contributed by atoms with Gasteiger partial charge in [-0.3, -0.25) is 0 Å². The standard InChI is InChI=1S/C13H17NO/c1-3-14-8-7-11-5-4-6-12(13(11)14)10(2)9-15/h4-8,10,15H,3,9H2,1-2H3. The van der Waals surface area contributed by atoms with Gasteiger partial charge in [-0.05, 0) is 23.9 Å². The average molecular weight is 203 g/mol. The molecule has 0 aliphatic heterocycles. The van der Waals surface area contributed by atoms with Crippen LogP contribution in [-0.4, -0.2) is 16.3 Å². The van der Waals surface area contributed by atoms with E-state index in [-0.39, 0.29) is 12.5 Å². The van der Waals surface area contributed by atoms with Gasteiger partial charge in [-0.2, -0.15) is 0 Å². The van der Waals surface area contributed by atoms with Gasteiger partial charge in [0.2, 0.25) is 0 Å². The number of para-hydroxylation sites is 1. The molecule has 1 N–H and O–H groups in total. The normalized spacial score (nSPS) is 13.3. The van der Waals surface area contributed by atoms with Crippen molar-refractivity contribution in [1.82, 2.24) is 4.57 Å². The molecule has 2 nitrogen and oxygen atoms in total. The fraction of sp³-hybridized carbons (Fsp3) is 0.385. The smallest absolute Gasteiger partial charge is 0.0516 e. The first kappa shape index (κ1) is 10.2. The molecule has 0 aliphatic carbocycles. The van der Waals surface area contributed by atoms with Crippen molar-refractivity contribution in [3.63, 3.8) is 0 Å². The molecule has 2 heteroatoms. The van der Waals surface area contributed by atoms with E-state index in [0.717, 1.165) is 6.54 Å². The molecule has 0 amide bonds. The number of benzene rings is 1. The number of aliphatic hydroxyl groups is 1. The van der Waals surface area contributed by atoms with Crippen molar-refractivity contribution < 1.29 is 5.11 Å². The molecule has 0 bridgehead atoms. The zero-order valence-corrected chi connectivity index (χ0v) is 9.27. The molecular weight excluding hydrogens is 186 g/mol. The first-order chi connectivity index (χ1) is 7.27. The molecule has 0 saturated carbocycles. The predicted octanol–water partition coefficient (Wildman–Crippen LogP) is 2.76. The summed E-state index contributed by atoms with van der Waals surface area (Å²) in [5, 5.41) is 10.5. The van der Waals surface area contributed by atoms with Crippen molar-refractivity contribution in [3.8, 4) is 0 Å². The Hall–Kier alpha value is -1.28. The zero-order valence-electron chi connectivity index (χ0n) is 9.27. The van der Waals surface area contributed by atoms with Gasteiger partial charge in [0.1, 0.15) is 0 Å². The van der Waals surface area contributed by atoms with Gasteiger partial charge >= 0.3 is 0 Å². The second kappa shape index (κ2) is 4.07. The maximum absolute atomic E-state index is 9.24. The highest BCUT2D eigenvalue weighted by atomic mass is 16.3.